The predicted molar refractivity (Wildman–Crippen MR) is 103 cm³/mol. The van der Waals surface area contributed by atoms with E-state index < -0.39 is 35.7 Å². The first kappa shape index (κ1) is 19.7. The summed E-state index contributed by atoms with van der Waals surface area (Å²) in [6, 6.07) is 10.0. The van der Waals surface area contributed by atoms with Crippen molar-refractivity contribution >= 4 is 17.8 Å². The second-order valence-corrected chi connectivity index (χ2v) is 7.05. The van der Waals surface area contributed by atoms with Crippen LogP contribution in [-0.2, 0) is 21.7 Å². The lowest BCUT2D eigenvalue weighted by atomic mass is 9.87. The number of rotatable bonds is 6. The zero-order chi connectivity index (χ0) is 21.3. The Labute approximate surface area is 171 Å². The molecule has 2 aromatic rings. The summed E-state index contributed by atoms with van der Waals surface area (Å²) < 4.78 is 23.8. The molecule has 30 heavy (non-hydrogen) atoms. The highest BCUT2D eigenvalue weighted by Crippen LogP contribution is 2.33. The van der Waals surface area contributed by atoms with Gasteiger partial charge < -0.3 is 20.1 Å². The van der Waals surface area contributed by atoms with Gasteiger partial charge in [-0.25, -0.2) is 9.18 Å². The average Bonchev–Trinajstić information content (AvgIpc) is 3.31. The molecule has 2 aliphatic rings. The van der Waals surface area contributed by atoms with E-state index in [1.165, 1.54) is 24.3 Å². The summed E-state index contributed by atoms with van der Waals surface area (Å²) in [6.45, 7) is 1.68. The average molecular weight is 413 g/mol. The Bertz CT molecular complexity index is 1010. The van der Waals surface area contributed by atoms with Crippen molar-refractivity contribution in [3.05, 3.63) is 59.4 Å². The lowest BCUT2D eigenvalue weighted by Crippen LogP contribution is -2.44. The van der Waals surface area contributed by atoms with Crippen LogP contribution in [0.4, 0.5) is 9.18 Å². The molecule has 0 saturated carbocycles. The van der Waals surface area contributed by atoms with Gasteiger partial charge in [0.2, 0.25) is 12.7 Å². The highest BCUT2D eigenvalue weighted by molar-refractivity contribution is 6.09. The third kappa shape index (κ3) is 3.42. The van der Waals surface area contributed by atoms with Crippen molar-refractivity contribution in [3.63, 3.8) is 0 Å². The highest BCUT2D eigenvalue weighted by atomic mass is 19.1. The molecule has 0 aliphatic carbocycles. The van der Waals surface area contributed by atoms with Crippen LogP contribution < -0.4 is 20.1 Å². The molecule has 4 rings (SSSR count). The molecule has 1 unspecified atom stereocenters. The molecule has 0 bridgehead atoms. The molecule has 2 N–H and O–H groups in total. The lowest BCUT2D eigenvalue weighted by molar-refractivity contribution is -0.135. The van der Waals surface area contributed by atoms with E-state index in [9.17, 15) is 18.8 Å². The molecular weight excluding hydrogens is 393 g/mol. The molecule has 2 aliphatic heterocycles. The van der Waals surface area contributed by atoms with Gasteiger partial charge in [-0.05, 0) is 41.8 Å². The van der Waals surface area contributed by atoms with Crippen LogP contribution in [0, 0.1) is 5.82 Å². The number of carbonyl (C=O) groups excluding carboxylic acids is 3. The van der Waals surface area contributed by atoms with Crippen molar-refractivity contribution in [1.82, 2.24) is 15.5 Å². The number of carbonyl (C=O) groups is 3. The van der Waals surface area contributed by atoms with Crippen LogP contribution in [0.1, 0.15) is 24.5 Å². The topological polar surface area (TPSA) is 97.0 Å². The zero-order valence-corrected chi connectivity index (χ0v) is 16.2. The molecule has 1 fully saturated rings. The minimum atomic E-state index is -1.32. The number of urea groups is 1. The fourth-order valence-corrected chi connectivity index (χ4v) is 3.59. The molecule has 0 spiro atoms. The van der Waals surface area contributed by atoms with E-state index in [0.29, 0.717) is 17.1 Å². The largest absolute Gasteiger partial charge is 0.454 e. The van der Waals surface area contributed by atoms with Gasteiger partial charge in [0, 0.05) is 6.54 Å². The lowest BCUT2D eigenvalue weighted by Gasteiger charge is -2.25. The number of benzene rings is 2. The number of amides is 4. The molecule has 156 valence electrons. The number of imide groups is 1. The van der Waals surface area contributed by atoms with Crippen molar-refractivity contribution in [2.75, 3.05) is 13.3 Å². The van der Waals surface area contributed by atoms with Gasteiger partial charge in [0.1, 0.15) is 17.9 Å². The van der Waals surface area contributed by atoms with Crippen LogP contribution in [0.25, 0.3) is 0 Å². The third-order valence-corrected chi connectivity index (χ3v) is 5.27. The molecule has 0 radical (unpaired) electrons. The van der Waals surface area contributed by atoms with Crippen molar-refractivity contribution in [2.24, 2.45) is 0 Å². The maximum Gasteiger partial charge on any atom is 0.325 e. The number of hydrogen-bond acceptors (Lipinski definition) is 5. The molecule has 1 saturated heterocycles. The van der Waals surface area contributed by atoms with E-state index in [0.717, 1.165) is 10.5 Å². The third-order valence-electron chi connectivity index (χ3n) is 5.27. The fraction of sp³-hybridized carbons (Fsp3) is 0.286. The predicted octanol–water partition coefficient (Wildman–Crippen LogP) is 2.03. The summed E-state index contributed by atoms with van der Waals surface area (Å²) in [6.07, 6.45) is 0.262. The smallest absolute Gasteiger partial charge is 0.325 e. The van der Waals surface area contributed by atoms with Crippen LogP contribution in [0.3, 0.4) is 0 Å². The maximum atomic E-state index is 13.3. The zero-order valence-electron chi connectivity index (χ0n) is 16.2. The number of fused-ring (bicyclic) bond motifs is 1. The molecule has 8 nitrogen and oxygen atoms in total. The summed E-state index contributed by atoms with van der Waals surface area (Å²) in [7, 11) is 0. The monoisotopic (exact) mass is 413 g/mol. The Morgan fingerprint density at radius 3 is 2.63 bits per heavy atom. The Morgan fingerprint density at radius 1 is 1.17 bits per heavy atom. The molecule has 2 heterocycles. The van der Waals surface area contributed by atoms with Crippen LogP contribution >= 0.6 is 0 Å². The minimum absolute atomic E-state index is 0.157. The van der Waals surface area contributed by atoms with E-state index in [2.05, 4.69) is 10.6 Å². The second-order valence-electron chi connectivity index (χ2n) is 7.05. The van der Waals surface area contributed by atoms with Gasteiger partial charge in [-0.15, -0.1) is 0 Å². The van der Waals surface area contributed by atoms with Crippen molar-refractivity contribution in [3.8, 4) is 11.5 Å². The molecular formula is C21H20FN3O5. The van der Waals surface area contributed by atoms with E-state index in [4.69, 9.17) is 9.47 Å². The summed E-state index contributed by atoms with van der Waals surface area (Å²) >= 11 is 0. The van der Waals surface area contributed by atoms with Crippen molar-refractivity contribution in [1.29, 1.82) is 0 Å². The van der Waals surface area contributed by atoms with Crippen molar-refractivity contribution in [2.45, 2.75) is 25.4 Å². The van der Waals surface area contributed by atoms with E-state index in [-0.39, 0.29) is 19.8 Å². The number of ether oxygens (including phenoxy) is 2. The highest BCUT2D eigenvalue weighted by Gasteiger charge is 2.51. The Kier molecular flexibility index (Phi) is 5.03. The van der Waals surface area contributed by atoms with E-state index >= 15 is 0 Å². The second kappa shape index (κ2) is 7.66. The standard InChI is InChI=1S/C21H20FN3O5/c1-2-21(14-4-6-15(22)7-5-14)19(27)25(20(28)24-21)11-18(26)23-10-13-3-8-16-17(9-13)30-12-29-16/h3-9H,2,10-12H2,1H3,(H,23,26)(H,24,28). The minimum Gasteiger partial charge on any atom is -0.454 e. The molecule has 9 heteroatoms. The fourth-order valence-electron chi connectivity index (χ4n) is 3.59. The SMILES string of the molecule is CCC1(c2ccc(F)cc2)NC(=O)N(CC(=O)NCc2ccc3c(c2)OCO3)C1=O. The van der Waals surface area contributed by atoms with Crippen LogP contribution in [0.15, 0.2) is 42.5 Å². The Balaban J connectivity index is 1.42. The van der Waals surface area contributed by atoms with Crippen LogP contribution in [0.2, 0.25) is 0 Å². The molecule has 0 aromatic heterocycles. The molecule has 2 aromatic carbocycles. The summed E-state index contributed by atoms with van der Waals surface area (Å²) in [5.74, 6) is -0.229. The van der Waals surface area contributed by atoms with Crippen LogP contribution in [0.5, 0.6) is 11.5 Å². The summed E-state index contributed by atoms with van der Waals surface area (Å²) in [5, 5.41) is 5.36. The molecule has 4 amide bonds. The maximum absolute atomic E-state index is 13.3. The Hall–Kier alpha value is -3.62. The Morgan fingerprint density at radius 2 is 1.90 bits per heavy atom. The van der Waals surface area contributed by atoms with Gasteiger partial charge >= 0.3 is 6.03 Å². The first-order chi connectivity index (χ1) is 14.4. The number of nitrogens with one attached hydrogen (secondary N) is 2. The van der Waals surface area contributed by atoms with Gasteiger partial charge in [-0.1, -0.05) is 25.1 Å². The van der Waals surface area contributed by atoms with Gasteiger partial charge in [0.25, 0.3) is 5.91 Å². The number of halogens is 1. The summed E-state index contributed by atoms with van der Waals surface area (Å²) in [4.78, 5) is 38.7. The number of hydrogen-bond donors (Lipinski definition) is 2. The normalized spacial score (nSPS) is 19.7. The quantitative estimate of drug-likeness (QED) is 0.707. The van der Waals surface area contributed by atoms with Gasteiger partial charge in [-0.2, -0.15) is 0 Å². The summed E-state index contributed by atoms with van der Waals surface area (Å²) in [5.41, 5.74) is -0.0606. The van der Waals surface area contributed by atoms with Gasteiger partial charge in [0.05, 0.1) is 0 Å². The van der Waals surface area contributed by atoms with E-state index in [1.54, 1.807) is 25.1 Å². The van der Waals surface area contributed by atoms with Gasteiger partial charge in [0.15, 0.2) is 11.5 Å². The first-order valence-corrected chi connectivity index (χ1v) is 9.48. The van der Waals surface area contributed by atoms with Crippen molar-refractivity contribution < 1.29 is 28.2 Å². The van der Waals surface area contributed by atoms with Crippen LogP contribution in [-0.4, -0.2) is 36.1 Å². The number of nitrogens with zero attached hydrogens (tertiary/aromatic N) is 1. The van der Waals surface area contributed by atoms with E-state index in [1.807, 2.05) is 0 Å². The van der Waals surface area contributed by atoms with Gasteiger partial charge in [-0.3, -0.25) is 14.5 Å². The first-order valence-electron chi connectivity index (χ1n) is 9.48. The molecule has 1 atom stereocenters.